The molecule has 4 aromatic rings. The van der Waals surface area contributed by atoms with Gasteiger partial charge in [-0.1, -0.05) is 43.2 Å². The first kappa shape index (κ1) is 35.7. The molecule has 0 radical (unpaired) electrons. The molecule has 0 fully saturated rings. The van der Waals surface area contributed by atoms with Crippen molar-refractivity contribution in [2.45, 2.75) is 0 Å². The number of carboxylic acid groups (broad SMARTS) is 2. The summed E-state index contributed by atoms with van der Waals surface area (Å²) >= 11 is 4.65. The van der Waals surface area contributed by atoms with Gasteiger partial charge in [-0.2, -0.15) is 0 Å². The van der Waals surface area contributed by atoms with Crippen molar-refractivity contribution in [3.8, 4) is 11.5 Å². The summed E-state index contributed by atoms with van der Waals surface area (Å²) < 4.78 is 3.93. The monoisotopic (exact) mass is 576 g/mol. The first-order valence-corrected chi connectivity index (χ1v) is 10.9. The second-order valence-electron chi connectivity index (χ2n) is 7.10. The Bertz CT molecular complexity index is 1530. The molecule has 4 aromatic carbocycles. The number of hydrogen-bond donors (Lipinski definition) is 3. The number of carbonyl (C=O) groups excluding carboxylic acids is 1. The molecule has 0 heterocycles. The minimum absolute atomic E-state index is 0. The maximum Gasteiger partial charge on any atom is 1.00 e. The number of aromatic hydroxyl groups is 1. The van der Waals surface area contributed by atoms with Gasteiger partial charge < -0.3 is 25.5 Å². The molecule has 0 aromatic heterocycles. The van der Waals surface area contributed by atoms with Crippen LogP contribution in [0.15, 0.2) is 104 Å². The van der Waals surface area contributed by atoms with Gasteiger partial charge in [0.25, 0.3) is 0 Å². The molecule has 4 N–H and O–H groups in total. The fourth-order valence-electron chi connectivity index (χ4n) is 2.95. The minimum Gasteiger partial charge on any atom is -0.870 e. The van der Waals surface area contributed by atoms with Crippen LogP contribution in [0.25, 0.3) is 21.5 Å². The summed E-state index contributed by atoms with van der Waals surface area (Å²) in [6.45, 7) is 6.40. The van der Waals surface area contributed by atoms with Gasteiger partial charge in [0, 0.05) is 11.6 Å². The van der Waals surface area contributed by atoms with Crippen LogP contribution in [0.3, 0.4) is 0 Å². The van der Waals surface area contributed by atoms with Crippen molar-refractivity contribution in [1.82, 2.24) is 0 Å². The number of fused-ring (bicyclic) bond motifs is 2. The molecule has 10 nitrogen and oxygen atoms in total. The number of carboxylic acids is 2. The predicted octanol–water partition coefficient (Wildman–Crippen LogP) is 3.72. The van der Waals surface area contributed by atoms with Crippen LogP contribution in [0, 0.1) is 0 Å². The number of benzene rings is 4. The second kappa shape index (κ2) is 18.1. The first-order valence-electron chi connectivity index (χ1n) is 10.5. The molecule has 0 saturated heterocycles. The molecule has 0 aliphatic rings. The fourth-order valence-corrected chi connectivity index (χ4v) is 3.02. The Morgan fingerprint density at radius 3 is 1.73 bits per heavy atom. The third-order valence-corrected chi connectivity index (χ3v) is 4.67. The van der Waals surface area contributed by atoms with Crippen LogP contribution in [0.5, 0.6) is 11.5 Å². The fraction of sp³-hybridized carbons (Fsp3) is 0. The molecule has 0 amide bonds. The SMILES string of the molecule is C=C=COOc1ccc2cc(C(=O)O)ccc2c1.C=COC(=O)Cl.O=C(O)c1ccc2cc(O)ccc2c1.[Na+].[OH-]. The minimum atomic E-state index is -0.948. The van der Waals surface area contributed by atoms with Crippen LogP contribution in [0.1, 0.15) is 20.7 Å². The molecule has 0 aliphatic heterocycles. The van der Waals surface area contributed by atoms with Gasteiger partial charge in [-0.25, -0.2) is 14.4 Å². The first-order chi connectivity index (χ1) is 18.1. The third-order valence-electron chi connectivity index (χ3n) is 4.58. The molecule has 12 heteroatoms. The summed E-state index contributed by atoms with van der Waals surface area (Å²) in [5.74, 6) is -1.20. The Morgan fingerprint density at radius 1 is 0.800 bits per heavy atom. The van der Waals surface area contributed by atoms with E-state index in [4.69, 9.17) is 15.1 Å². The van der Waals surface area contributed by atoms with E-state index in [1.807, 2.05) is 0 Å². The van der Waals surface area contributed by atoms with E-state index in [0.29, 0.717) is 5.75 Å². The largest absolute Gasteiger partial charge is 1.00 e. The van der Waals surface area contributed by atoms with E-state index in [1.165, 1.54) is 18.4 Å². The number of halogens is 1. The number of phenolic OH excluding ortho intramolecular Hbond substituents is 1. The molecule has 0 atom stereocenters. The molecule has 0 saturated carbocycles. The van der Waals surface area contributed by atoms with E-state index in [2.05, 4.69) is 40.1 Å². The molecular weight excluding hydrogens is 555 g/mol. The van der Waals surface area contributed by atoms with E-state index in [0.717, 1.165) is 27.8 Å². The van der Waals surface area contributed by atoms with Crippen molar-refractivity contribution in [2.75, 3.05) is 0 Å². The van der Waals surface area contributed by atoms with Gasteiger partial charge in [-0.15, -0.1) is 0 Å². The normalized spacial score (nSPS) is 8.93. The van der Waals surface area contributed by atoms with E-state index < -0.39 is 17.4 Å². The Hall–Kier alpha value is -4.28. The molecule has 0 aliphatic carbocycles. The molecule has 4 rings (SSSR count). The number of hydrogen-bond acceptors (Lipinski definition) is 8. The van der Waals surface area contributed by atoms with Crippen molar-refractivity contribution in [3.05, 3.63) is 115 Å². The van der Waals surface area contributed by atoms with Crippen molar-refractivity contribution in [2.24, 2.45) is 0 Å². The Morgan fingerprint density at radius 2 is 1.27 bits per heavy atom. The Balaban J connectivity index is 0.000000619. The summed E-state index contributed by atoms with van der Waals surface area (Å²) in [7, 11) is 0. The van der Waals surface area contributed by atoms with E-state index in [-0.39, 0.29) is 51.9 Å². The molecule has 0 bridgehead atoms. The van der Waals surface area contributed by atoms with Gasteiger partial charge in [0.1, 0.15) is 5.75 Å². The summed E-state index contributed by atoms with van der Waals surface area (Å²) in [4.78, 5) is 40.6. The smallest absolute Gasteiger partial charge is 0.870 e. The average Bonchev–Trinajstić information content (AvgIpc) is 2.88. The maximum atomic E-state index is 10.8. The van der Waals surface area contributed by atoms with Crippen LogP contribution >= 0.6 is 11.6 Å². The number of rotatable bonds is 6. The van der Waals surface area contributed by atoms with Gasteiger partial charge in [0.15, 0.2) is 12.0 Å². The van der Waals surface area contributed by atoms with E-state index in [9.17, 15) is 19.5 Å². The summed E-state index contributed by atoms with van der Waals surface area (Å²) in [6, 6.07) is 19.7. The quantitative estimate of drug-likeness (QED) is 0.0767. The van der Waals surface area contributed by atoms with Crippen molar-refractivity contribution in [1.29, 1.82) is 0 Å². The van der Waals surface area contributed by atoms with Crippen LogP contribution in [0.2, 0.25) is 0 Å². The molecule has 40 heavy (non-hydrogen) atoms. The number of aromatic carboxylic acids is 2. The number of carbonyl (C=O) groups is 3. The topological polar surface area (TPSA) is 170 Å². The molecular formula is C28H22ClNaO10. The predicted molar refractivity (Wildman–Crippen MR) is 143 cm³/mol. The van der Waals surface area contributed by atoms with Crippen LogP contribution in [-0.4, -0.2) is 38.2 Å². The van der Waals surface area contributed by atoms with Gasteiger partial charge in [0.05, 0.1) is 17.4 Å². The van der Waals surface area contributed by atoms with E-state index in [1.54, 1.807) is 60.7 Å². The van der Waals surface area contributed by atoms with Crippen molar-refractivity contribution in [3.63, 3.8) is 0 Å². The zero-order valence-electron chi connectivity index (χ0n) is 21.1. The zero-order chi connectivity index (χ0) is 28.1. The van der Waals surface area contributed by atoms with Gasteiger partial charge in [-0.05, 0) is 70.1 Å². The molecule has 202 valence electrons. The second-order valence-corrected chi connectivity index (χ2v) is 7.41. The standard InChI is InChI=1S/C14H10O4.C11H8O3.C3H3ClO2.Na.H2O/c1-2-7-17-18-13-6-5-10-8-12(14(15)16)4-3-11(10)9-13;12-10-4-3-7-5-9(11(13)14)2-1-8(7)6-10;1-2-6-3(4)5;;/h3-9H,1H2,(H,15,16);1-6,12H,(H,13,14);2H,1H2;;1H2/q;;;+1;/p-1. The van der Waals surface area contributed by atoms with Crippen LogP contribution < -0.4 is 34.4 Å². The van der Waals surface area contributed by atoms with Gasteiger partial charge in [0.2, 0.25) is 0 Å². The van der Waals surface area contributed by atoms with E-state index >= 15 is 0 Å². The Labute approximate surface area is 255 Å². The van der Waals surface area contributed by atoms with Crippen LogP contribution in [-0.2, 0) is 9.62 Å². The number of phenols is 1. The summed E-state index contributed by atoms with van der Waals surface area (Å²) in [5.41, 5.74) is 2.06. The summed E-state index contributed by atoms with van der Waals surface area (Å²) in [6.07, 6.45) is 2.16. The molecule has 0 unspecified atom stereocenters. The zero-order valence-corrected chi connectivity index (χ0v) is 23.9. The third kappa shape index (κ3) is 11.6. The van der Waals surface area contributed by atoms with Crippen LogP contribution in [0.4, 0.5) is 4.79 Å². The van der Waals surface area contributed by atoms with Gasteiger partial charge >= 0.3 is 46.9 Å². The molecule has 0 spiro atoms. The summed E-state index contributed by atoms with van der Waals surface area (Å²) in [5, 5.41) is 30.1. The Kier molecular flexibility index (Phi) is 16.2. The van der Waals surface area contributed by atoms with Crippen molar-refractivity contribution < 1.29 is 79.2 Å². The maximum absolute atomic E-state index is 10.8. The van der Waals surface area contributed by atoms with Gasteiger partial charge in [-0.3, -0.25) is 9.78 Å². The van der Waals surface area contributed by atoms with Crippen molar-refractivity contribution >= 4 is 50.5 Å². The average molecular weight is 577 g/mol. The number of ether oxygens (including phenoxy) is 1.